The van der Waals surface area contributed by atoms with Gasteiger partial charge in [-0.3, -0.25) is 0 Å². The molecule has 21 heavy (non-hydrogen) atoms. The Kier molecular flexibility index (Phi) is 3.02. The third-order valence-electron chi connectivity index (χ3n) is 3.98. The molecule has 0 bridgehead atoms. The highest BCUT2D eigenvalue weighted by molar-refractivity contribution is 7.17. The van der Waals surface area contributed by atoms with E-state index >= 15 is 0 Å². The number of thiophene rings is 1. The van der Waals surface area contributed by atoms with Crippen molar-refractivity contribution in [1.29, 1.82) is 0 Å². The SMILES string of the molecule is OCc1cccc2c1ccn2Cc1csc2ccccc12. The summed E-state index contributed by atoms with van der Waals surface area (Å²) in [7, 11) is 0. The molecule has 4 rings (SSSR count). The van der Waals surface area contributed by atoms with Gasteiger partial charge in [-0.1, -0.05) is 30.3 Å². The monoisotopic (exact) mass is 293 g/mol. The van der Waals surface area contributed by atoms with E-state index in [1.807, 2.05) is 12.1 Å². The molecule has 2 aromatic carbocycles. The summed E-state index contributed by atoms with van der Waals surface area (Å²) in [6.07, 6.45) is 2.11. The van der Waals surface area contributed by atoms with Crippen LogP contribution in [0.3, 0.4) is 0 Å². The molecule has 0 aliphatic heterocycles. The predicted octanol–water partition coefficient (Wildman–Crippen LogP) is 4.40. The van der Waals surface area contributed by atoms with Crippen molar-refractivity contribution in [1.82, 2.24) is 4.57 Å². The highest BCUT2D eigenvalue weighted by Crippen LogP contribution is 2.28. The van der Waals surface area contributed by atoms with Gasteiger partial charge in [-0.05, 0) is 40.1 Å². The molecule has 0 amide bonds. The van der Waals surface area contributed by atoms with E-state index in [-0.39, 0.29) is 6.61 Å². The molecule has 3 heteroatoms. The van der Waals surface area contributed by atoms with Gasteiger partial charge in [0.2, 0.25) is 0 Å². The Morgan fingerprint density at radius 2 is 1.81 bits per heavy atom. The number of nitrogens with zero attached hydrogens (tertiary/aromatic N) is 1. The zero-order chi connectivity index (χ0) is 14.2. The number of aromatic nitrogens is 1. The quantitative estimate of drug-likeness (QED) is 0.595. The van der Waals surface area contributed by atoms with Gasteiger partial charge in [0.05, 0.1) is 6.61 Å². The van der Waals surface area contributed by atoms with Crippen LogP contribution in [0.1, 0.15) is 11.1 Å². The largest absolute Gasteiger partial charge is 0.392 e. The summed E-state index contributed by atoms with van der Waals surface area (Å²) in [6.45, 7) is 0.950. The molecule has 0 atom stereocenters. The summed E-state index contributed by atoms with van der Waals surface area (Å²) in [5.74, 6) is 0. The first kappa shape index (κ1) is 12.6. The second kappa shape index (κ2) is 5.02. The maximum Gasteiger partial charge on any atom is 0.0688 e. The molecule has 1 N–H and O–H groups in total. The van der Waals surface area contributed by atoms with E-state index < -0.39 is 0 Å². The van der Waals surface area contributed by atoms with Gasteiger partial charge in [-0.25, -0.2) is 0 Å². The van der Waals surface area contributed by atoms with Crippen molar-refractivity contribution in [3.63, 3.8) is 0 Å². The lowest BCUT2D eigenvalue weighted by atomic mass is 10.1. The van der Waals surface area contributed by atoms with Crippen LogP contribution in [0.25, 0.3) is 21.0 Å². The molecule has 0 unspecified atom stereocenters. The molecule has 0 fully saturated rings. The average Bonchev–Trinajstić information content (AvgIpc) is 3.13. The van der Waals surface area contributed by atoms with Gasteiger partial charge >= 0.3 is 0 Å². The Morgan fingerprint density at radius 3 is 2.71 bits per heavy atom. The standard InChI is InChI=1S/C18H15NOS/c20-11-13-4-3-6-17-15(13)8-9-19(17)10-14-12-21-18-7-2-1-5-16(14)18/h1-9,12,20H,10-11H2. The molecule has 0 saturated carbocycles. The number of rotatable bonds is 3. The van der Waals surface area contributed by atoms with Crippen LogP contribution in [0.2, 0.25) is 0 Å². The zero-order valence-corrected chi connectivity index (χ0v) is 12.3. The van der Waals surface area contributed by atoms with E-state index in [0.29, 0.717) is 0 Å². The van der Waals surface area contributed by atoms with Crippen molar-refractivity contribution in [2.75, 3.05) is 0 Å². The fraction of sp³-hybridized carbons (Fsp3) is 0.111. The minimum atomic E-state index is 0.0860. The van der Waals surface area contributed by atoms with Crippen molar-refractivity contribution in [2.24, 2.45) is 0 Å². The Hall–Kier alpha value is -2.10. The number of hydrogen-bond acceptors (Lipinski definition) is 2. The normalized spacial score (nSPS) is 11.5. The molecule has 4 aromatic rings. The summed E-state index contributed by atoms with van der Waals surface area (Å²) in [4.78, 5) is 0. The van der Waals surface area contributed by atoms with Crippen molar-refractivity contribution in [2.45, 2.75) is 13.2 Å². The van der Waals surface area contributed by atoms with Crippen molar-refractivity contribution in [3.05, 3.63) is 71.2 Å². The topological polar surface area (TPSA) is 25.2 Å². The van der Waals surface area contributed by atoms with E-state index in [1.54, 1.807) is 11.3 Å². The Labute approximate surface area is 126 Å². The molecule has 2 aromatic heterocycles. The Bertz CT molecular complexity index is 919. The van der Waals surface area contributed by atoms with Gasteiger partial charge in [0.1, 0.15) is 0 Å². The van der Waals surface area contributed by atoms with E-state index in [9.17, 15) is 5.11 Å². The van der Waals surface area contributed by atoms with Crippen LogP contribution in [0.5, 0.6) is 0 Å². The van der Waals surface area contributed by atoms with Crippen molar-refractivity contribution in [3.8, 4) is 0 Å². The van der Waals surface area contributed by atoms with Gasteiger partial charge < -0.3 is 9.67 Å². The Morgan fingerprint density at radius 1 is 0.905 bits per heavy atom. The van der Waals surface area contributed by atoms with Crippen molar-refractivity contribution >= 4 is 32.3 Å². The summed E-state index contributed by atoms with van der Waals surface area (Å²) in [5.41, 5.74) is 3.51. The minimum Gasteiger partial charge on any atom is -0.392 e. The van der Waals surface area contributed by atoms with Gasteiger partial charge in [-0.2, -0.15) is 0 Å². The van der Waals surface area contributed by atoms with Crippen LogP contribution >= 0.6 is 11.3 Å². The van der Waals surface area contributed by atoms with Gasteiger partial charge in [0, 0.05) is 28.3 Å². The summed E-state index contributed by atoms with van der Waals surface area (Å²) in [6, 6.07) is 16.7. The Balaban J connectivity index is 1.81. The highest BCUT2D eigenvalue weighted by Gasteiger charge is 2.08. The maximum atomic E-state index is 9.44. The predicted molar refractivity (Wildman–Crippen MR) is 88.8 cm³/mol. The smallest absolute Gasteiger partial charge is 0.0688 e. The van der Waals surface area contributed by atoms with Crippen LogP contribution in [0, 0.1) is 0 Å². The third kappa shape index (κ3) is 2.06. The highest BCUT2D eigenvalue weighted by atomic mass is 32.1. The molecule has 2 heterocycles. The third-order valence-corrected chi connectivity index (χ3v) is 4.99. The maximum absolute atomic E-state index is 9.44. The molecular weight excluding hydrogens is 278 g/mol. The molecule has 0 aliphatic rings. The lowest BCUT2D eigenvalue weighted by Crippen LogP contribution is -1.97. The van der Waals surface area contributed by atoms with Gasteiger partial charge in [0.25, 0.3) is 0 Å². The molecule has 0 radical (unpaired) electrons. The summed E-state index contributed by atoms with van der Waals surface area (Å²) in [5, 5.41) is 14.2. The van der Waals surface area contributed by atoms with E-state index in [2.05, 4.69) is 52.5 Å². The first-order chi connectivity index (χ1) is 10.4. The average molecular weight is 293 g/mol. The molecular formula is C18H15NOS. The minimum absolute atomic E-state index is 0.0860. The number of aliphatic hydroxyl groups is 1. The number of fused-ring (bicyclic) bond motifs is 2. The molecule has 0 aliphatic carbocycles. The summed E-state index contributed by atoms with van der Waals surface area (Å²) >= 11 is 1.80. The number of aliphatic hydroxyl groups excluding tert-OH is 1. The molecule has 2 nitrogen and oxygen atoms in total. The molecule has 104 valence electrons. The number of benzene rings is 2. The second-order valence-electron chi connectivity index (χ2n) is 5.21. The van der Waals surface area contributed by atoms with Crippen LogP contribution < -0.4 is 0 Å². The molecule has 0 spiro atoms. The fourth-order valence-corrected chi connectivity index (χ4v) is 3.86. The van der Waals surface area contributed by atoms with Crippen molar-refractivity contribution < 1.29 is 5.11 Å². The molecule has 0 saturated heterocycles. The number of hydrogen-bond donors (Lipinski definition) is 1. The summed E-state index contributed by atoms with van der Waals surface area (Å²) < 4.78 is 3.59. The van der Waals surface area contributed by atoms with Gasteiger partial charge in [0.15, 0.2) is 0 Å². The second-order valence-corrected chi connectivity index (χ2v) is 6.12. The zero-order valence-electron chi connectivity index (χ0n) is 11.5. The van der Waals surface area contributed by atoms with E-state index in [1.165, 1.54) is 21.2 Å². The lowest BCUT2D eigenvalue weighted by molar-refractivity contribution is 0.283. The van der Waals surface area contributed by atoms with E-state index in [0.717, 1.165) is 17.5 Å². The first-order valence-electron chi connectivity index (χ1n) is 6.99. The first-order valence-corrected chi connectivity index (χ1v) is 7.87. The van der Waals surface area contributed by atoms with Crippen LogP contribution in [-0.4, -0.2) is 9.67 Å². The van der Waals surface area contributed by atoms with Crippen LogP contribution in [0.15, 0.2) is 60.1 Å². The van der Waals surface area contributed by atoms with E-state index in [4.69, 9.17) is 0 Å². The van der Waals surface area contributed by atoms with Crippen LogP contribution in [0.4, 0.5) is 0 Å². The fourth-order valence-electron chi connectivity index (χ4n) is 2.90. The lowest BCUT2D eigenvalue weighted by Gasteiger charge is -2.06. The van der Waals surface area contributed by atoms with Gasteiger partial charge in [-0.15, -0.1) is 11.3 Å². The van der Waals surface area contributed by atoms with Crippen LogP contribution in [-0.2, 0) is 13.2 Å².